The fraction of sp³-hybridized carbons (Fsp3) is 0.524. The van der Waals surface area contributed by atoms with Gasteiger partial charge in [0, 0.05) is 37.7 Å². The molecule has 3 rings (SSSR count). The maximum Gasteiger partial charge on any atom is 0.255 e. The summed E-state index contributed by atoms with van der Waals surface area (Å²) in [5, 5.41) is 3.85. The average molecular weight is 424 g/mol. The van der Waals surface area contributed by atoms with Crippen molar-refractivity contribution in [3.05, 3.63) is 46.5 Å². The highest BCUT2D eigenvalue weighted by Crippen LogP contribution is 2.31. The summed E-state index contributed by atoms with van der Waals surface area (Å²) in [5.74, 6) is 0.375. The van der Waals surface area contributed by atoms with E-state index in [1.165, 1.54) is 12.8 Å². The number of nitrogens with zero attached hydrogens (tertiary/aromatic N) is 2. The Morgan fingerprint density at radius 1 is 1.18 bits per heavy atom. The molecule has 28 heavy (non-hydrogen) atoms. The molecule has 1 saturated heterocycles. The number of benzene rings is 1. The summed E-state index contributed by atoms with van der Waals surface area (Å²) in [6, 6.07) is 4.81. The molecule has 1 aliphatic heterocycles. The molecule has 1 aromatic carbocycles. The van der Waals surface area contributed by atoms with Gasteiger partial charge in [0.05, 0.1) is 16.6 Å². The van der Waals surface area contributed by atoms with Crippen LogP contribution >= 0.6 is 23.2 Å². The maximum absolute atomic E-state index is 12.8. The van der Waals surface area contributed by atoms with Crippen molar-refractivity contribution in [2.75, 3.05) is 32.7 Å². The van der Waals surface area contributed by atoms with Crippen LogP contribution in [0, 0.1) is 5.92 Å². The zero-order chi connectivity index (χ0) is 20.1. The number of carbonyl (C=O) groups is 2. The van der Waals surface area contributed by atoms with E-state index in [-0.39, 0.29) is 17.9 Å². The first-order valence-corrected chi connectivity index (χ1v) is 10.6. The van der Waals surface area contributed by atoms with Gasteiger partial charge in [0.2, 0.25) is 5.91 Å². The Morgan fingerprint density at radius 2 is 1.86 bits per heavy atom. The normalized spacial score (nSPS) is 19.4. The smallest absolute Gasteiger partial charge is 0.255 e. The molecule has 0 bridgehead atoms. The van der Waals surface area contributed by atoms with Crippen molar-refractivity contribution in [3.8, 4) is 0 Å². The van der Waals surface area contributed by atoms with Crippen LogP contribution < -0.4 is 5.32 Å². The molecule has 2 aliphatic rings. The average Bonchev–Trinajstić information content (AvgIpc) is 3.21. The predicted octanol–water partition coefficient (Wildman–Crippen LogP) is 3.61. The third-order valence-electron chi connectivity index (χ3n) is 5.69. The van der Waals surface area contributed by atoms with Crippen LogP contribution in [-0.2, 0) is 4.79 Å². The van der Waals surface area contributed by atoms with E-state index < -0.39 is 0 Å². The standard InChI is InChI=1S/C21H27Cl2N3O2/c1-2-9-24-20(27)19(15-5-3-4-6-15)25-10-12-26(13-11-25)21(28)17-8-7-16(22)14-18(17)23/h2,7-8,14-15,19H,1,3-6,9-13H2,(H,24,27). The van der Waals surface area contributed by atoms with Crippen molar-refractivity contribution >= 4 is 35.0 Å². The summed E-state index contributed by atoms with van der Waals surface area (Å²) in [5.41, 5.74) is 0.468. The molecule has 1 aliphatic carbocycles. The van der Waals surface area contributed by atoms with Gasteiger partial charge in [-0.05, 0) is 37.0 Å². The molecular weight excluding hydrogens is 397 g/mol. The van der Waals surface area contributed by atoms with Gasteiger partial charge < -0.3 is 10.2 Å². The lowest BCUT2D eigenvalue weighted by atomic mass is 9.95. The van der Waals surface area contributed by atoms with Crippen molar-refractivity contribution in [2.24, 2.45) is 5.92 Å². The zero-order valence-corrected chi connectivity index (χ0v) is 17.5. The Kier molecular flexibility index (Phi) is 7.38. The van der Waals surface area contributed by atoms with Crippen molar-refractivity contribution in [3.63, 3.8) is 0 Å². The minimum atomic E-state index is -0.126. The van der Waals surface area contributed by atoms with E-state index in [2.05, 4.69) is 16.8 Å². The highest BCUT2D eigenvalue weighted by atomic mass is 35.5. The molecule has 2 amide bonds. The van der Waals surface area contributed by atoms with Crippen LogP contribution in [0.5, 0.6) is 0 Å². The summed E-state index contributed by atoms with van der Waals surface area (Å²) in [4.78, 5) is 29.7. The summed E-state index contributed by atoms with van der Waals surface area (Å²) in [7, 11) is 0. The Morgan fingerprint density at radius 3 is 2.46 bits per heavy atom. The molecule has 1 saturated carbocycles. The number of hydrogen-bond donors (Lipinski definition) is 1. The first-order valence-electron chi connectivity index (χ1n) is 9.88. The summed E-state index contributed by atoms with van der Waals surface area (Å²) < 4.78 is 0. The first kappa shape index (κ1) is 21.2. The van der Waals surface area contributed by atoms with Gasteiger partial charge in [-0.2, -0.15) is 0 Å². The van der Waals surface area contributed by atoms with Gasteiger partial charge in [0.15, 0.2) is 0 Å². The van der Waals surface area contributed by atoms with Crippen LogP contribution in [0.2, 0.25) is 10.0 Å². The number of rotatable bonds is 6. The highest BCUT2D eigenvalue weighted by molar-refractivity contribution is 6.36. The maximum atomic E-state index is 12.8. The van der Waals surface area contributed by atoms with E-state index in [4.69, 9.17) is 23.2 Å². The zero-order valence-electron chi connectivity index (χ0n) is 16.0. The SMILES string of the molecule is C=CCNC(=O)C(C1CCCC1)N1CCN(C(=O)c2ccc(Cl)cc2Cl)CC1. The Balaban J connectivity index is 1.65. The Bertz CT molecular complexity index is 726. The second-order valence-corrected chi connectivity index (χ2v) is 8.32. The van der Waals surface area contributed by atoms with Gasteiger partial charge in [-0.25, -0.2) is 0 Å². The highest BCUT2D eigenvalue weighted by Gasteiger charge is 2.37. The van der Waals surface area contributed by atoms with Crippen LogP contribution in [0.25, 0.3) is 0 Å². The van der Waals surface area contributed by atoms with Crippen molar-refractivity contribution in [1.82, 2.24) is 15.1 Å². The fourth-order valence-corrected chi connectivity index (χ4v) is 4.75. The fourth-order valence-electron chi connectivity index (χ4n) is 4.26. The Labute approximate surface area is 176 Å². The van der Waals surface area contributed by atoms with E-state index in [9.17, 15) is 9.59 Å². The molecule has 152 valence electrons. The molecule has 0 aromatic heterocycles. The largest absolute Gasteiger partial charge is 0.351 e. The van der Waals surface area contributed by atoms with E-state index in [0.717, 1.165) is 12.8 Å². The number of nitrogens with one attached hydrogen (secondary N) is 1. The second kappa shape index (κ2) is 9.77. The van der Waals surface area contributed by atoms with Gasteiger partial charge in [-0.15, -0.1) is 6.58 Å². The molecule has 5 nitrogen and oxygen atoms in total. The van der Waals surface area contributed by atoms with E-state index >= 15 is 0 Å². The van der Waals surface area contributed by atoms with Crippen molar-refractivity contribution in [1.29, 1.82) is 0 Å². The van der Waals surface area contributed by atoms with Crippen LogP contribution in [0.3, 0.4) is 0 Å². The van der Waals surface area contributed by atoms with Gasteiger partial charge in [-0.3, -0.25) is 14.5 Å². The van der Waals surface area contributed by atoms with Crippen LogP contribution in [0.1, 0.15) is 36.0 Å². The first-order chi connectivity index (χ1) is 13.5. The minimum absolute atomic E-state index is 0.0762. The van der Waals surface area contributed by atoms with E-state index in [1.807, 2.05) is 0 Å². The van der Waals surface area contributed by atoms with E-state index in [0.29, 0.717) is 54.3 Å². The topological polar surface area (TPSA) is 52.7 Å². The molecule has 2 fully saturated rings. The van der Waals surface area contributed by atoms with E-state index in [1.54, 1.807) is 29.2 Å². The molecule has 1 aromatic rings. The summed E-state index contributed by atoms with van der Waals surface area (Å²) in [6.07, 6.45) is 6.25. The van der Waals surface area contributed by atoms with Crippen LogP contribution in [0.4, 0.5) is 0 Å². The monoisotopic (exact) mass is 423 g/mol. The number of halogens is 2. The van der Waals surface area contributed by atoms with Gasteiger partial charge >= 0.3 is 0 Å². The van der Waals surface area contributed by atoms with Crippen molar-refractivity contribution < 1.29 is 9.59 Å². The molecule has 7 heteroatoms. The molecule has 1 unspecified atom stereocenters. The lowest BCUT2D eigenvalue weighted by Gasteiger charge is -2.40. The van der Waals surface area contributed by atoms with Crippen LogP contribution in [0.15, 0.2) is 30.9 Å². The number of amides is 2. The third kappa shape index (κ3) is 4.88. The molecule has 0 spiro atoms. The Hall–Kier alpha value is -1.56. The quantitative estimate of drug-likeness (QED) is 0.710. The molecule has 1 heterocycles. The minimum Gasteiger partial charge on any atom is -0.351 e. The number of hydrogen-bond acceptors (Lipinski definition) is 3. The van der Waals surface area contributed by atoms with Gasteiger partial charge in [-0.1, -0.05) is 42.1 Å². The predicted molar refractivity (Wildman–Crippen MR) is 113 cm³/mol. The molecular formula is C21H27Cl2N3O2. The second-order valence-electron chi connectivity index (χ2n) is 7.48. The molecule has 1 N–H and O–H groups in total. The lowest BCUT2D eigenvalue weighted by Crippen LogP contribution is -2.58. The molecule has 1 atom stereocenters. The third-order valence-corrected chi connectivity index (χ3v) is 6.24. The van der Waals surface area contributed by atoms with Gasteiger partial charge in [0.25, 0.3) is 5.91 Å². The van der Waals surface area contributed by atoms with Gasteiger partial charge in [0.1, 0.15) is 0 Å². The lowest BCUT2D eigenvalue weighted by molar-refractivity contribution is -0.129. The summed E-state index contributed by atoms with van der Waals surface area (Å²) >= 11 is 12.1. The molecule has 0 radical (unpaired) electrons. The van der Waals surface area contributed by atoms with Crippen molar-refractivity contribution in [2.45, 2.75) is 31.7 Å². The number of carbonyl (C=O) groups excluding carboxylic acids is 2. The summed E-state index contributed by atoms with van der Waals surface area (Å²) in [6.45, 7) is 6.68. The number of piperazine rings is 1. The van der Waals surface area contributed by atoms with Crippen LogP contribution in [-0.4, -0.2) is 60.4 Å².